The maximum absolute atomic E-state index is 8.67. The number of phenolic OH excluding ortho intramolecular Hbond substituents is 4. The van der Waals surface area contributed by atoms with Crippen LogP contribution in [0.3, 0.4) is 0 Å². The van der Waals surface area contributed by atoms with Crippen LogP contribution in [-0.2, 0) is 17.1 Å². The van der Waals surface area contributed by atoms with Crippen molar-refractivity contribution in [2.24, 2.45) is 0 Å². The van der Waals surface area contributed by atoms with Crippen LogP contribution in [0.15, 0.2) is 48.5 Å². The first-order valence-electron chi connectivity index (χ1n) is 4.55. The Morgan fingerprint density at radius 1 is 0.471 bits per heavy atom. The van der Waals surface area contributed by atoms with E-state index in [0.717, 1.165) is 0 Å². The number of rotatable bonds is 0. The fourth-order valence-corrected chi connectivity index (χ4v) is 0.928. The maximum atomic E-state index is 8.67. The molecule has 0 aliphatic heterocycles. The van der Waals surface area contributed by atoms with Crippen LogP contribution in [0.2, 0.25) is 0 Å². The van der Waals surface area contributed by atoms with E-state index in [4.69, 9.17) is 20.4 Å². The van der Waals surface area contributed by atoms with Crippen LogP contribution in [0.25, 0.3) is 0 Å². The largest absolute Gasteiger partial charge is 0.504 e. The zero-order valence-corrected chi connectivity index (χ0v) is 9.65. The van der Waals surface area contributed by atoms with Crippen molar-refractivity contribution in [3.8, 4) is 23.0 Å². The molecule has 1 radical (unpaired) electrons. The first-order valence-corrected chi connectivity index (χ1v) is 4.55. The van der Waals surface area contributed by atoms with Gasteiger partial charge in [0, 0.05) is 17.1 Å². The Hall–Kier alpha value is -1.84. The minimum absolute atomic E-state index is 0. The molecule has 0 saturated carbocycles. The van der Waals surface area contributed by atoms with Crippen molar-refractivity contribution in [2.75, 3.05) is 0 Å². The second-order valence-corrected chi connectivity index (χ2v) is 2.98. The summed E-state index contributed by atoms with van der Waals surface area (Å²) in [4.78, 5) is 0. The molecule has 0 aliphatic carbocycles. The molecule has 0 fully saturated rings. The molecule has 0 aliphatic rings. The Labute approximate surface area is 109 Å². The molecule has 0 atom stereocenters. The first-order chi connectivity index (χ1) is 7.61. The van der Waals surface area contributed by atoms with Crippen molar-refractivity contribution >= 4 is 0 Å². The Morgan fingerprint density at radius 3 is 0.765 bits per heavy atom. The molecule has 0 aromatic heterocycles. The van der Waals surface area contributed by atoms with E-state index in [2.05, 4.69) is 0 Å². The van der Waals surface area contributed by atoms with Crippen LogP contribution in [0.5, 0.6) is 23.0 Å². The summed E-state index contributed by atoms with van der Waals surface area (Å²) < 4.78 is 0. The molecule has 2 aromatic rings. The van der Waals surface area contributed by atoms with Crippen LogP contribution < -0.4 is 0 Å². The minimum Gasteiger partial charge on any atom is -0.504 e. The monoisotopic (exact) mass is 283 g/mol. The van der Waals surface area contributed by atoms with Crippen molar-refractivity contribution in [1.29, 1.82) is 0 Å². The molecule has 0 amide bonds. The average molecular weight is 284 g/mol. The normalized spacial score (nSPS) is 8.47. The summed E-state index contributed by atoms with van der Waals surface area (Å²) >= 11 is 0. The second kappa shape index (κ2) is 7.44. The number of phenols is 4. The summed E-state index contributed by atoms with van der Waals surface area (Å²) in [5, 5.41) is 34.7. The van der Waals surface area contributed by atoms with Gasteiger partial charge in [0.25, 0.3) is 0 Å². The molecular weight excluding hydrogens is 272 g/mol. The number of aromatic hydroxyl groups is 4. The quantitative estimate of drug-likeness (QED) is 0.441. The number of hydrogen-bond acceptors (Lipinski definition) is 4. The van der Waals surface area contributed by atoms with Crippen molar-refractivity contribution in [3.63, 3.8) is 0 Å². The third-order valence-electron chi connectivity index (χ3n) is 1.76. The van der Waals surface area contributed by atoms with Crippen LogP contribution in [-0.4, -0.2) is 20.4 Å². The van der Waals surface area contributed by atoms with E-state index in [1.807, 2.05) is 0 Å². The Kier molecular flexibility index (Phi) is 6.63. The van der Waals surface area contributed by atoms with Gasteiger partial charge in [0.1, 0.15) is 0 Å². The summed E-state index contributed by atoms with van der Waals surface area (Å²) in [5.41, 5.74) is 0. The zero-order valence-electron chi connectivity index (χ0n) is 8.71. The standard InChI is InChI=1S/2C6H6O2.Cu/c2*7-5-3-1-2-4-6(5)8;/h2*1-4,7-8H;. The molecule has 0 spiro atoms. The molecular formula is C12H12CuO4. The fourth-order valence-electron chi connectivity index (χ4n) is 0.928. The van der Waals surface area contributed by atoms with Gasteiger partial charge in [0.05, 0.1) is 0 Å². The molecule has 5 heteroatoms. The van der Waals surface area contributed by atoms with Crippen LogP contribution in [0.1, 0.15) is 0 Å². The summed E-state index contributed by atoms with van der Waals surface area (Å²) in [6.45, 7) is 0. The van der Waals surface area contributed by atoms with Crippen molar-refractivity contribution in [2.45, 2.75) is 0 Å². The van der Waals surface area contributed by atoms with Crippen LogP contribution in [0, 0.1) is 0 Å². The van der Waals surface area contributed by atoms with Gasteiger partial charge in [-0.1, -0.05) is 24.3 Å². The van der Waals surface area contributed by atoms with Gasteiger partial charge < -0.3 is 20.4 Å². The van der Waals surface area contributed by atoms with E-state index >= 15 is 0 Å². The van der Waals surface area contributed by atoms with Gasteiger partial charge in [-0.05, 0) is 24.3 Å². The van der Waals surface area contributed by atoms with Gasteiger partial charge in [0.15, 0.2) is 23.0 Å². The van der Waals surface area contributed by atoms with Gasteiger partial charge in [-0.25, -0.2) is 0 Å². The third-order valence-corrected chi connectivity index (χ3v) is 1.76. The smallest absolute Gasteiger partial charge is 0.157 e. The average Bonchev–Trinajstić information content (AvgIpc) is 2.28. The molecule has 0 unspecified atom stereocenters. The summed E-state index contributed by atoms with van der Waals surface area (Å²) in [5.74, 6) is -0.306. The summed E-state index contributed by atoms with van der Waals surface area (Å²) in [6, 6.07) is 12.3. The number of benzene rings is 2. The molecule has 17 heavy (non-hydrogen) atoms. The van der Waals surface area contributed by atoms with Crippen molar-refractivity contribution < 1.29 is 37.5 Å². The Morgan fingerprint density at radius 2 is 0.647 bits per heavy atom. The molecule has 2 aromatic carbocycles. The van der Waals surface area contributed by atoms with Gasteiger partial charge >= 0.3 is 0 Å². The van der Waals surface area contributed by atoms with Gasteiger partial charge in [-0.15, -0.1) is 0 Å². The summed E-state index contributed by atoms with van der Waals surface area (Å²) in [6.07, 6.45) is 0. The molecule has 4 nitrogen and oxygen atoms in total. The van der Waals surface area contributed by atoms with Crippen LogP contribution in [0.4, 0.5) is 0 Å². The van der Waals surface area contributed by atoms with Crippen LogP contribution >= 0.6 is 0 Å². The van der Waals surface area contributed by atoms with E-state index in [1.54, 1.807) is 24.3 Å². The van der Waals surface area contributed by atoms with Gasteiger partial charge in [-0.3, -0.25) is 0 Å². The molecule has 0 bridgehead atoms. The third kappa shape index (κ3) is 5.15. The van der Waals surface area contributed by atoms with Crippen molar-refractivity contribution in [1.82, 2.24) is 0 Å². The molecule has 2 rings (SSSR count). The fraction of sp³-hybridized carbons (Fsp3) is 0. The first kappa shape index (κ1) is 15.2. The predicted molar refractivity (Wildman–Crippen MR) is 59.5 cm³/mol. The van der Waals surface area contributed by atoms with E-state index in [1.165, 1.54) is 24.3 Å². The van der Waals surface area contributed by atoms with E-state index in [9.17, 15) is 0 Å². The molecule has 4 N–H and O–H groups in total. The molecule has 0 saturated heterocycles. The Balaban J connectivity index is 0.000000284. The van der Waals surface area contributed by atoms with E-state index in [-0.39, 0.29) is 40.1 Å². The minimum atomic E-state index is -0.0764. The number of hydrogen-bond donors (Lipinski definition) is 4. The molecule has 0 heterocycles. The predicted octanol–water partition coefficient (Wildman–Crippen LogP) is 2.19. The number of para-hydroxylation sites is 4. The second-order valence-electron chi connectivity index (χ2n) is 2.98. The molecule has 95 valence electrons. The summed E-state index contributed by atoms with van der Waals surface area (Å²) in [7, 11) is 0. The van der Waals surface area contributed by atoms with Gasteiger partial charge in [-0.2, -0.15) is 0 Å². The van der Waals surface area contributed by atoms with E-state index < -0.39 is 0 Å². The van der Waals surface area contributed by atoms with E-state index in [0.29, 0.717) is 0 Å². The topological polar surface area (TPSA) is 80.9 Å². The van der Waals surface area contributed by atoms with Gasteiger partial charge in [0.2, 0.25) is 0 Å². The van der Waals surface area contributed by atoms with Crippen molar-refractivity contribution in [3.05, 3.63) is 48.5 Å². The Bertz CT molecular complexity index is 374. The maximum Gasteiger partial charge on any atom is 0.157 e. The SMILES string of the molecule is Oc1ccccc1O.Oc1ccccc1O.[Cu]. The zero-order chi connectivity index (χ0) is 12.0.